The zero-order valence-corrected chi connectivity index (χ0v) is 16.8. The van der Waals surface area contributed by atoms with E-state index in [1.807, 2.05) is 12.4 Å². The summed E-state index contributed by atoms with van der Waals surface area (Å²) in [6.45, 7) is 11.3. The average molecular weight is 358 g/mol. The van der Waals surface area contributed by atoms with Gasteiger partial charge in [0.2, 0.25) is 0 Å². The third-order valence-corrected chi connectivity index (χ3v) is 5.47. The van der Waals surface area contributed by atoms with Crippen molar-refractivity contribution >= 4 is 21.8 Å². The molecule has 0 aliphatic rings. The van der Waals surface area contributed by atoms with Crippen LogP contribution in [0.2, 0.25) is 0 Å². The van der Waals surface area contributed by atoms with Crippen LogP contribution in [0.15, 0.2) is 54.9 Å². The van der Waals surface area contributed by atoms with E-state index in [-0.39, 0.29) is 10.8 Å². The summed E-state index contributed by atoms with van der Waals surface area (Å²) in [4.78, 5) is 4.71. The predicted octanol–water partition coefficient (Wildman–Crippen LogP) is 5.93. The maximum absolute atomic E-state index is 4.71. The quantitative estimate of drug-likeness (QED) is 0.494. The predicted molar refractivity (Wildman–Crippen MR) is 113 cm³/mol. The summed E-state index contributed by atoms with van der Waals surface area (Å²) < 4.78 is 0. The second-order valence-corrected chi connectivity index (χ2v) is 9.23. The maximum Gasteiger partial charge on any atom is 0.0702 e. The molecule has 4 rings (SSSR count). The first-order valence-electron chi connectivity index (χ1n) is 9.55. The average Bonchev–Trinajstić information content (AvgIpc) is 3.07. The molecule has 1 N–H and O–H groups in total. The third kappa shape index (κ3) is 3.46. The lowest BCUT2D eigenvalue weighted by Crippen LogP contribution is -2.20. The number of pyridine rings is 1. The Morgan fingerprint density at radius 3 is 2.37 bits per heavy atom. The van der Waals surface area contributed by atoms with Gasteiger partial charge in [0.25, 0.3) is 0 Å². The van der Waals surface area contributed by atoms with Gasteiger partial charge in [0, 0.05) is 17.0 Å². The van der Waals surface area contributed by atoms with Crippen molar-refractivity contribution in [3.63, 3.8) is 0 Å². The number of nitrogens with zero attached hydrogens (tertiary/aromatic N) is 2. The molecule has 2 aromatic heterocycles. The van der Waals surface area contributed by atoms with E-state index in [4.69, 9.17) is 4.98 Å². The number of hydrogen-bond donors (Lipinski definition) is 1. The number of fused-ring (bicyclic) bond motifs is 2. The minimum Gasteiger partial charge on any atom is -0.278 e. The van der Waals surface area contributed by atoms with E-state index < -0.39 is 0 Å². The fourth-order valence-electron chi connectivity index (χ4n) is 3.71. The molecular formula is C24H27N3. The summed E-state index contributed by atoms with van der Waals surface area (Å²) in [5.74, 6) is 0. The van der Waals surface area contributed by atoms with Gasteiger partial charge < -0.3 is 0 Å². The number of rotatable bonds is 3. The smallest absolute Gasteiger partial charge is 0.0702 e. The van der Waals surface area contributed by atoms with Gasteiger partial charge in [-0.15, -0.1) is 0 Å². The topological polar surface area (TPSA) is 41.6 Å². The standard InChI is InChI=1S/C24H27N3/c1-23(2,3)19-8-9-21-18(11-19)10-16(14-25-21)13-24(4,5)20-7-6-17-15-26-27-22(17)12-20/h6-12,14-15H,13H2,1-5H3,(H,26,27). The normalized spacial score (nSPS) is 12.8. The van der Waals surface area contributed by atoms with E-state index in [1.54, 1.807) is 0 Å². The largest absolute Gasteiger partial charge is 0.278 e. The van der Waals surface area contributed by atoms with Crippen LogP contribution in [0.1, 0.15) is 51.3 Å². The van der Waals surface area contributed by atoms with Crippen molar-refractivity contribution in [2.45, 2.75) is 51.9 Å². The minimum absolute atomic E-state index is 0.0102. The van der Waals surface area contributed by atoms with Crippen LogP contribution < -0.4 is 0 Å². The highest BCUT2D eigenvalue weighted by Crippen LogP contribution is 2.31. The number of hydrogen-bond acceptors (Lipinski definition) is 2. The second-order valence-electron chi connectivity index (χ2n) is 9.23. The Labute approximate surface area is 160 Å². The van der Waals surface area contributed by atoms with Crippen LogP contribution >= 0.6 is 0 Å². The van der Waals surface area contributed by atoms with E-state index in [2.05, 4.69) is 87.3 Å². The van der Waals surface area contributed by atoms with Gasteiger partial charge in [-0.3, -0.25) is 10.1 Å². The molecule has 0 unspecified atom stereocenters. The molecule has 27 heavy (non-hydrogen) atoms. The van der Waals surface area contributed by atoms with Crippen molar-refractivity contribution in [1.29, 1.82) is 0 Å². The Kier molecular flexibility index (Phi) is 4.06. The maximum atomic E-state index is 4.71. The van der Waals surface area contributed by atoms with Gasteiger partial charge in [-0.25, -0.2) is 0 Å². The van der Waals surface area contributed by atoms with E-state index in [0.717, 1.165) is 22.8 Å². The monoisotopic (exact) mass is 357 g/mol. The first-order chi connectivity index (χ1) is 12.7. The van der Waals surface area contributed by atoms with Crippen molar-refractivity contribution in [2.24, 2.45) is 0 Å². The van der Waals surface area contributed by atoms with Crippen molar-refractivity contribution in [2.75, 3.05) is 0 Å². The summed E-state index contributed by atoms with van der Waals surface area (Å²) in [7, 11) is 0. The van der Waals surface area contributed by atoms with Crippen LogP contribution in [-0.4, -0.2) is 15.2 Å². The Balaban J connectivity index is 1.68. The van der Waals surface area contributed by atoms with E-state index >= 15 is 0 Å². The van der Waals surface area contributed by atoms with Crippen molar-refractivity contribution < 1.29 is 0 Å². The van der Waals surface area contributed by atoms with Gasteiger partial charge in [-0.2, -0.15) is 5.10 Å². The molecule has 2 aromatic carbocycles. The molecule has 0 fully saturated rings. The molecule has 0 bridgehead atoms. The zero-order valence-electron chi connectivity index (χ0n) is 16.8. The van der Waals surface area contributed by atoms with Crippen molar-refractivity contribution in [3.05, 3.63) is 71.5 Å². The van der Waals surface area contributed by atoms with Gasteiger partial charge in [0.05, 0.1) is 17.2 Å². The molecule has 3 heteroatoms. The molecule has 3 nitrogen and oxygen atoms in total. The fourth-order valence-corrected chi connectivity index (χ4v) is 3.71. The molecule has 0 aliphatic heterocycles. The summed E-state index contributed by atoms with van der Waals surface area (Å²) in [6, 6.07) is 15.5. The second kappa shape index (κ2) is 6.19. The molecule has 0 radical (unpaired) electrons. The first-order valence-corrected chi connectivity index (χ1v) is 9.55. The molecule has 0 spiro atoms. The summed E-state index contributed by atoms with van der Waals surface area (Å²) >= 11 is 0. The fraction of sp³-hybridized carbons (Fsp3) is 0.333. The molecule has 0 atom stereocenters. The Morgan fingerprint density at radius 1 is 0.815 bits per heavy atom. The van der Waals surface area contributed by atoms with Crippen molar-refractivity contribution in [1.82, 2.24) is 15.2 Å². The van der Waals surface area contributed by atoms with Gasteiger partial charge in [-0.05, 0) is 58.2 Å². The number of aromatic nitrogens is 3. The summed E-state index contributed by atoms with van der Waals surface area (Å²) in [5, 5.41) is 9.59. The number of nitrogens with one attached hydrogen (secondary N) is 1. The van der Waals surface area contributed by atoms with Crippen LogP contribution in [0.25, 0.3) is 21.8 Å². The first kappa shape index (κ1) is 17.7. The lowest BCUT2D eigenvalue weighted by atomic mass is 9.79. The van der Waals surface area contributed by atoms with Crippen LogP contribution in [0.3, 0.4) is 0 Å². The molecule has 0 aliphatic carbocycles. The number of H-pyrrole nitrogens is 1. The Morgan fingerprint density at radius 2 is 1.59 bits per heavy atom. The zero-order chi connectivity index (χ0) is 19.2. The van der Waals surface area contributed by atoms with E-state index in [0.29, 0.717) is 0 Å². The van der Waals surface area contributed by atoms with Crippen LogP contribution in [0.4, 0.5) is 0 Å². The van der Waals surface area contributed by atoms with E-state index in [1.165, 1.54) is 22.1 Å². The molecule has 0 saturated heterocycles. The Hall–Kier alpha value is -2.68. The lowest BCUT2D eigenvalue weighted by Gasteiger charge is -2.26. The van der Waals surface area contributed by atoms with Gasteiger partial charge in [0.15, 0.2) is 0 Å². The summed E-state index contributed by atoms with van der Waals surface area (Å²) in [5.41, 5.74) is 6.22. The highest BCUT2D eigenvalue weighted by Gasteiger charge is 2.22. The van der Waals surface area contributed by atoms with Crippen LogP contribution in [0.5, 0.6) is 0 Å². The van der Waals surface area contributed by atoms with E-state index in [9.17, 15) is 0 Å². The molecule has 0 saturated carbocycles. The highest BCUT2D eigenvalue weighted by atomic mass is 15.1. The molecular weight excluding hydrogens is 330 g/mol. The Bertz CT molecular complexity index is 1110. The number of aromatic amines is 1. The molecule has 2 heterocycles. The third-order valence-electron chi connectivity index (χ3n) is 5.47. The lowest BCUT2D eigenvalue weighted by molar-refractivity contribution is 0.522. The summed E-state index contributed by atoms with van der Waals surface area (Å²) in [6.07, 6.45) is 4.83. The SMILES string of the molecule is CC(C)(C)c1ccc2ncc(CC(C)(C)c3ccc4cn[nH]c4c3)cc2c1. The van der Waals surface area contributed by atoms with Gasteiger partial charge >= 0.3 is 0 Å². The van der Waals surface area contributed by atoms with Crippen molar-refractivity contribution in [3.8, 4) is 0 Å². The van der Waals surface area contributed by atoms with Crippen LogP contribution in [0, 0.1) is 0 Å². The van der Waals surface area contributed by atoms with Gasteiger partial charge in [0.1, 0.15) is 0 Å². The number of benzene rings is 2. The van der Waals surface area contributed by atoms with Crippen LogP contribution in [-0.2, 0) is 17.3 Å². The molecule has 4 aromatic rings. The molecule has 138 valence electrons. The minimum atomic E-state index is 0.0102. The highest BCUT2D eigenvalue weighted by molar-refractivity contribution is 5.80. The molecule has 0 amide bonds. The van der Waals surface area contributed by atoms with Gasteiger partial charge in [-0.1, -0.05) is 52.8 Å².